The molecule has 0 aliphatic carbocycles. The molecule has 6 nitrogen and oxygen atoms in total. The number of carbonyl (C=O) groups excluding carboxylic acids is 1. The summed E-state index contributed by atoms with van der Waals surface area (Å²) in [6, 6.07) is 14.7. The highest BCUT2D eigenvalue weighted by molar-refractivity contribution is 5.90. The van der Waals surface area contributed by atoms with Crippen molar-refractivity contribution in [2.75, 3.05) is 5.32 Å². The van der Waals surface area contributed by atoms with Gasteiger partial charge in [0.25, 0.3) is 5.56 Å². The maximum absolute atomic E-state index is 12.3. The maximum Gasteiger partial charge on any atom is 0.328 e. The lowest BCUT2D eigenvalue weighted by Gasteiger charge is -2.10. The number of unbranched alkanes of at least 4 members (excludes halogenated alkanes) is 2. The average Bonchev–Trinajstić information content (AvgIpc) is 2.69. The van der Waals surface area contributed by atoms with Gasteiger partial charge in [0, 0.05) is 18.7 Å². The Balaban J connectivity index is 1.63. The first-order valence-corrected chi connectivity index (χ1v) is 9.69. The molecule has 0 saturated heterocycles. The fourth-order valence-corrected chi connectivity index (χ4v) is 3.24. The lowest BCUT2D eigenvalue weighted by atomic mass is 10.1. The molecule has 3 rings (SSSR count). The zero-order valence-electron chi connectivity index (χ0n) is 16.0. The van der Waals surface area contributed by atoms with Gasteiger partial charge < -0.3 is 5.32 Å². The quantitative estimate of drug-likeness (QED) is 0.588. The van der Waals surface area contributed by atoms with Gasteiger partial charge in [-0.25, -0.2) is 4.79 Å². The molecule has 6 heteroatoms. The lowest BCUT2D eigenvalue weighted by Crippen LogP contribution is -2.31. The Morgan fingerprint density at radius 1 is 1.04 bits per heavy atom. The summed E-state index contributed by atoms with van der Waals surface area (Å²) in [5.41, 5.74) is 1.61. The molecular formula is C22H25N3O3. The van der Waals surface area contributed by atoms with Gasteiger partial charge >= 0.3 is 5.69 Å². The molecule has 28 heavy (non-hydrogen) atoms. The van der Waals surface area contributed by atoms with E-state index in [0.29, 0.717) is 10.9 Å². The van der Waals surface area contributed by atoms with E-state index in [1.165, 1.54) is 29.4 Å². The fourth-order valence-electron chi connectivity index (χ4n) is 3.24. The first kappa shape index (κ1) is 19.6. The topological polar surface area (TPSA) is 84.0 Å². The first-order valence-electron chi connectivity index (χ1n) is 9.69. The molecule has 1 aromatic heterocycles. The molecule has 0 aliphatic heterocycles. The van der Waals surface area contributed by atoms with Gasteiger partial charge in [0.1, 0.15) is 0 Å². The molecule has 0 atom stereocenters. The largest absolute Gasteiger partial charge is 0.328 e. The molecular weight excluding hydrogens is 354 g/mol. The Morgan fingerprint density at radius 3 is 2.54 bits per heavy atom. The van der Waals surface area contributed by atoms with E-state index in [4.69, 9.17) is 0 Å². The molecule has 146 valence electrons. The van der Waals surface area contributed by atoms with E-state index in [-0.39, 0.29) is 18.9 Å². The van der Waals surface area contributed by atoms with Crippen molar-refractivity contribution in [1.82, 2.24) is 9.55 Å². The third kappa shape index (κ3) is 4.76. The molecule has 2 aromatic carbocycles. The Labute approximate surface area is 163 Å². The highest BCUT2D eigenvalue weighted by Gasteiger charge is 2.09. The highest BCUT2D eigenvalue weighted by Crippen LogP contribution is 2.13. The zero-order valence-corrected chi connectivity index (χ0v) is 16.0. The number of aromatic nitrogens is 2. The summed E-state index contributed by atoms with van der Waals surface area (Å²) >= 11 is 0. The minimum Gasteiger partial charge on any atom is -0.326 e. The number of nitrogens with one attached hydrogen (secondary N) is 2. The van der Waals surface area contributed by atoms with Crippen LogP contribution in [0.25, 0.3) is 10.9 Å². The Kier molecular flexibility index (Phi) is 6.42. The first-order chi connectivity index (χ1) is 13.6. The molecule has 0 radical (unpaired) electrons. The maximum atomic E-state index is 12.3. The number of hydrogen-bond acceptors (Lipinski definition) is 3. The number of anilines is 1. The van der Waals surface area contributed by atoms with E-state index in [1.807, 2.05) is 24.3 Å². The van der Waals surface area contributed by atoms with Crippen molar-refractivity contribution < 1.29 is 4.79 Å². The molecule has 0 aliphatic rings. The minimum absolute atomic E-state index is 0.133. The van der Waals surface area contributed by atoms with E-state index in [1.54, 1.807) is 24.3 Å². The van der Waals surface area contributed by atoms with Crippen LogP contribution in [0.1, 0.15) is 38.2 Å². The number of aryl methyl sites for hydroxylation is 2. The fraction of sp³-hybridized carbons (Fsp3) is 0.318. The van der Waals surface area contributed by atoms with Gasteiger partial charge in [-0.05, 0) is 42.7 Å². The van der Waals surface area contributed by atoms with Gasteiger partial charge in [0.15, 0.2) is 0 Å². The van der Waals surface area contributed by atoms with Crippen molar-refractivity contribution in [2.45, 2.75) is 45.6 Å². The van der Waals surface area contributed by atoms with Crippen molar-refractivity contribution in [2.24, 2.45) is 0 Å². The zero-order chi connectivity index (χ0) is 19.9. The van der Waals surface area contributed by atoms with Gasteiger partial charge in [-0.3, -0.25) is 19.1 Å². The van der Waals surface area contributed by atoms with Crippen molar-refractivity contribution in [3.63, 3.8) is 0 Å². The van der Waals surface area contributed by atoms with Crippen LogP contribution in [-0.2, 0) is 17.8 Å². The van der Waals surface area contributed by atoms with Crippen LogP contribution in [0.4, 0.5) is 5.69 Å². The summed E-state index contributed by atoms with van der Waals surface area (Å²) in [5.74, 6) is -0.180. The predicted octanol–water partition coefficient (Wildman–Crippen LogP) is 3.45. The van der Waals surface area contributed by atoms with Crippen LogP contribution in [0.5, 0.6) is 0 Å². The molecule has 0 unspecified atom stereocenters. The third-order valence-electron chi connectivity index (χ3n) is 4.77. The number of rotatable bonds is 8. The Bertz CT molecular complexity index is 1060. The number of hydrogen-bond donors (Lipinski definition) is 2. The monoisotopic (exact) mass is 379 g/mol. The van der Waals surface area contributed by atoms with Gasteiger partial charge in [-0.15, -0.1) is 0 Å². The normalized spacial score (nSPS) is 10.9. The summed E-state index contributed by atoms with van der Waals surface area (Å²) in [4.78, 5) is 38.6. The van der Waals surface area contributed by atoms with Gasteiger partial charge in [-0.1, -0.05) is 44.0 Å². The van der Waals surface area contributed by atoms with E-state index in [2.05, 4.69) is 17.2 Å². The predicted molar refractivity (Wildman–Crippen MR) is 112 cm³/mol. The van der Waals surface area contributed by atoms with Crippen LogP contribution in [0.2, 0.25) is 0 Å². The molecule has 3 aromatic rings. The van der Waals surface area contributed by atoms with E-state index in [0.717, 1.165) is 12.1 Å². The Morgan fingerprint density at radius 2 is 1.79 bits per heavy atom. The molecule has 0 bridgehead atoms. The number of carbonyl (C=O) groups is 1. The Hall–Kier alpha value is -3.15. The number of nitrogens with zero attached hydrogens (tertiary/aromatic N) is 1. The summed E-state index contributed by atoms with van der Waals surface area (Å²) in [7, 11) is 0. The van der Waals surface area contributed by atoms with Crippen LogP contribution in [0.3, 0.4) is 0 Å². The van der Waals surface area contributed by atoms with Crippen molar-refractivity contribution in [3.8, 4) is 0 Å². The molecule has 0 spiro atoms. The second kappa shape index (κ2) is 9.17. The van der Waals surface area contributed by atoms with Crippen molar-refractivity contribution in [1.29, 1.82) is 0 Å². The third-order valence-corrected chi connectivity index (χ3v) is 4.77. The van der Waals surface area contributed by atoms with Crippen LogP contribution < -0.4 is 16.6 Å². The minimum atomic E-state index is -0.507. The van der Waals surface area contributed by atoms with Gasteiger partial charge in [0.05, 0.1) is 10.9 Å². The average molecular weight is 379 g/mol. The molecule has 2 N–H and O–H groups in total. The van der Waals surface area contributed by atoms with E-state index >= 15 is 0 Å². The number of aromatic amines is 1. The van der Waals surface area contributed by atoms with Crippen LogP contribution in [0.15, 0.2) is 58.1 Å². The second-order valence-electron chi connectivity index (χ2n) is 6.88. The number of H-pyrrole nitrogens is 1. The van der Waals surface area contributed by atoms with Gasteiger partial charge in [-0.2, -0.15) is 0 Å². The lowest BCUT2D eigenvalue weighted by molar-refractivity contribution is -0.116. The number of para-hydroxylation sites is 1. The molecule has 1 amide bonds. The standard InChI is InChI=1S/C22H25N3O3/c1-2-3-4-7-16-10-12-17(13-11-16)23-20(26)14-15-25-19-9-6-5-8-18(19)21(27)24-22(25)28/h5-6,8-13H,2-4,7,14-15H2,1H3,(H,23,26)(H,24,27,28). The number of benzene rings is 2. The summed E-state index contributed by atoms with van der Waals surface area (Å²) < 4.78 is 1.42. The number of fused-ring (bicyclic) bond motifs is 1. The SMILES string of the molecule is CCCCCc1ccc(NC(=O)CCn2c(=O)[nH]c(=O)c3ccccc32)cc1. The second-order valence-corrected chi connectivity index (χ2v) is 6.88. The van der Waals surface area contributed by atoms with Crippen molar-refractivity contribution in [3.05, 3.63) is 74.9 Å². The highest BCUT2D eigenvalue weighted by atomic mass is 16.2. The van der Waals surface area contributed by atoms with E-state index in [9.17, 15) is 14.4 Å². The smallest absolute Gasteiger partial charge is 0.326 e. The molecule has 0 fully saturated rings. The summed E-state index contributed by atoms with van der Waals surface area (Å²) in [6.07, 6.45) is 4.77. The summed E-state index contributed by atoms with van der Waals surface area (Å²) in [5, 5.41) is 3.29. The molecule has 1 heterocycles. The van der Waals surface area contributed by atoms with Gasteiger partial charge in [0.2, 0.25) is 5.91 Å². The molecule has 0 saturated carbocycles. The van der Waals surface area contributed by atoms with Crippen LogP contribution in [-0.4, -0.2) is 15.5 Å². The summed E-state index contributed by atoms with van der Waals surface area (Å²) in [6.45, 7) is 2.37. The van der Waals surface area contributed by atoms with Crippen LogP contribution >= 0.6 is 0 Å². The number of amides is 1. The van der Waals surface area contributed by atoms with E-state index < -0.39 is 11.2 Å². The van der Waals surface area contributed by atoms with Crippen LogP contribution in [0, 0.1) is 0 Å². The van der Waals surface area contributed by atoms with Crippen molar-refractivity contribution >= 4 is 22.5 Å².